The van der Waals surface area contributed by atoms with Crippen molar-refractivity contribution >= 4 is 17.3 Å². The van der Waals surface area contributed by atoms with Crippen molar-refractivity contribution in [2.24, 2.45) is 0 Å². The Bertz CT molecular complexity index is 571. The lowest BCUT2D eigenvalue weighted by atomic mass is 10.1. The van der Waals surface area contributed by atoms with Gasteiger partial charge in [0.15, 0.2) is 0 Å². The molecule has 2 aromatic carbocycles. The summed E-state index contributed by atoms with van der Waals surface area (Å²) in [6.07, 6.45) is 0. The lowest BCUT2D eigenvalue weighted by Gasteiger charge is -2.27. The Labute approximate surface area is 109 Å². The second kappa shape index (κ2) is 4.50. The first-order chi connectivity index (χ1) is 8.72. The summed E-state index contributed by atoms with van der Waals surface area (Å²) in [6.45, 7) is 0.514. The SMILES string of the molecule is Fc1ccc([C@H]2COc3ccc(Cl)cc3N2)cc1. The highest BCUT2D eigenvalue weighted by Crippen LogP contribution is 2.35. The Balaban J connectivity index is 1.88. The highest BCUT2D eigenvalue weighted by Gasteiger charge is 2.20. The van der Waals surface area contributed by atoms with Gasteiger partial charge in [0.1, 0.15) is 18.2 Å². The first kappa shape index (κ1) is 11.4. The van der Waals surface area contributed by atoms with E-state index in [1.165, 1.54) is 12.1 Å². The fourth-order valence-electron chi connectivity index (χ4n) is 2.02. The topological polar surface area (TPSA) is 21.3 Å². The van der Waals surface area contributed by atoms with Crippen LogP contribution >= 0.6 is 11.6 Å². The van der Waals surface area contributed by atoms with Gasteiger partial charge in [0, 0.05) is 5.02 Å². The highest BCUT2D eigenvalue weighted by atomic mass is 35.5. The molecule has 2 aromatic rings. The molecule has 0 saturated heterocycles. The standard InChI is InChI=1S/C14H11ClFNO/c15-10-3-6-14-12(7-10)17-13(8-18-14)9-1-4-11(16)5-2-9/h1-7,13,17H,8H2/t13-/m1/s1. The molecule has 92 valence electrons. The van der Waals surface area contributed by atoms with Crippen molar-refractivity contribution in [1.82, 2.24) is 0 Å². The Kier molecular flexibility index (Phi) is 2.84. The van der Waals surface area contributed by atoms with Gasteiger partial charge in [-0.3, -0.25) is 0 Å². The number of anilines is 1. The predicted molar refractivity (Wildman–Crippen MR) is 69.7 cm³/mol. The molecule has 0 bridgehead atoms. The molecular weight excluding hydrogens is 253 g/mol. The van der Waals surface area contributed by atoms with Crippen LogP contribution in [0, 0.1) is 5.82 Å². The smallest absolute Gasteiger partial charge is 0.142 e. The number of hydrogen-bond acceptors (Lipinski definition) is 2. The summed E-state index contributed by atoms with van der Waals surface area (Å²) in [5.74, 6) is 0.552. The summed E-state index contributed by atoms with van der Waals surface area (Å²) >= 11 is 5.95. The largest absolute Gasteiger partial charge is 0.489 e. The van der Waals surface area contributed by atoms with Gasteiger partial charge in [0.2, 0.25) is 0 Å². The van der Waals surface area contributed by atoms with Gasteiger partial charge in [-0.25, -0.2) is 4.39 Å². The molecule has 18 heavy (non-hydrogen) atoms. The summed E-state index contributed by atoms with van der Waals surface area (Å²) in [5.41, 5.74) is 1.85. The third kappa shape index (κ3) is 2.14. The van der Waals surface area contributed by atoms with Gasteiger partial charge in [-0.05, 0) is 35.9 Å². The van der Waals surface area contributed by atoms with E-state index in [1.807, 2.05) is 12.1 Å². The van der Waals surface area contributed by atoms with Gasteiger partial charge in [-0.15, -0.1) is 0 Å². The summed E-state index contributed by atoms with van der Waals surface area (Å²) in [4.78, 5) is 0. The first-order valence-electron chi connectivity index (χ1n) is 5.67. The van der Waals surface area contributed by atoms with E-state index in [-0.39, 0.29) is 11.9 Å². The molecule has 0 aliphatic carbocycles. The zero-order valence-corrected chi connectivity index (χ0v) is 10.2. The van der Waals surface area contributed by atoms with Crippen LogP contribution in [0.15, 0.2) is 42.5 Å². The van der Waals surface area contributed by atoms with Gasteiger partial charge < -0.3 is 10.1 Å². The molecular formula is C14H11ClFNO. The van der Waals surface area contributed by atoms with E-state index in [9.17, 15) is 4.39 Å². The monoisotopic (exact) mass is 263 g/mol. The van der Waals surface area contributed by atoms with Crippen molar-refractivity contribution in [2.45, 2.75) is 6.04 Å². The van der Waals surface area contributed by atoms with Gasteiger partial charge in [0.05, 0.1) is 11.7 Å². The van der Waals surface area contributed by atoms with Crippen LogP contribution < -0.4 is 10.1 Å². The molecule has 1 aliphatic heterocycles. The van der Waals surface area contributed by atoms with Crippen LogP contribution in [0.5, 0.6) is 5.75 Å². The highest BCUT2D eigenvalue weighted by molar-refractivity contribution is 6.30. The summed E-state index contributed by atoms with van der Waals surface area (Å²) in [5, 5.41) is 4.00. The lowest BCUT2D eigenvalue weighted by molar-refractivity contribution is 0.286. The molecule has 0 fully saturated rings. The predicted octanol–water partition coefficient (Wildman–Crippen LogP) is 4.02. The molecule has 1 aliphatic rings. The molecule has 4 heteroatoms. The van der Waals surface area contributed by atoms with Crippen molar-refractivity contribution in [3.63, 3.8) is 0 Å². The van der Waals surface area contributed by atoms with Crippen molar-refractivity contribution in [3.8, 4) is 5.75 Å². The van der Waals surface area contributed by atoms with Crippen molar-refractivity contribution in [2.75, 3.05) is 11.9 Å². The third-order valence-corrected chi connectivity index (χ3v) is 3.18. The number of nitrogens with one attached hydrogen (secondary N) is 1. The molecule has 3 rings (SSSR count). The van der Waals surface area contributed by atoms with Crippen LogP contribution in [-0.2, 0) is 0 Å². The Morgan fingerprint density at radius 3 is 2.72 bits per heavy atom. The van der Waals surface area contributed by atoms with Crippen LogP contribution in [-0.4, -0.2) is 6.61 Å². The molecule has 1 N–H and O–H groups in total. The van der Waals surface area contributed by atoms with Crippen LogP contribution in [0.25, 0.3) is 0 Å². The van der Waals surface area contributed by atoms with Crippen molar-refractivity contribution < 1.29 is 9.13 Å². The Morgan fingerprint density at radius 2 is 1.94 bits per heavy atom. The average molecular weight is 264 g/mol. The number of hydrogen-bond donors (Lipinski definition) is 1. The van der Waals surface area contributed by atoms with E-state index in [0.29, 0.717) is 11.6 Å². The average Bonchev–Trinajstić information content (AvgIpc) is 2.38. The third-order valence-electron chi connectivity index (χ3n) is 2.95. The number of fused-ring (bicyclic) bond motifs is 1. The van der Waals surface area contributed by atoms with E-state index in [2.05, 4.69) is 5.32 Å². The molecule has 1 heterocycles. The summed E-state index contributed by atoms with van der Waals surface area (Å²) in [7, 11) is 0. The van der Waals surface area contributed by atoms with Crippen molar-refractivity contribution in [3.05, 3.63) is 58.9 Å². The van der Waals surface area contributed by atoms with E-state index in [0.717, 1.165) is 17.0 Å². The first-order valence-corrected chi connectivity index (χ1v) is 6.04. The van der Waals surface area contributed by atoms with Crippen LogP contribution in [0.3, 0.4) is 0 Å². The minimum atomic E-state index is -0.237. The second-order valence-corrected chi connectivity index (χ2v) is 4.64. The number of ether oxygens (including phenoxy) is 1. The lowest BCUT2D eigenvalue weighted by Crippen LogP contribution is -2.23. The van der Waals surface area contributed by atoms with Gasteiger partial charge >= 0.3 is 0 Å². The van der Waals surface area contributed by atoms with E-state index in [1.54, 1.807) is 18.2 Å². The summed E-state index contributed by atoms with van der Waals surface area (Å²) in [6, 6.07) is 11.9. The molecule has 0 unspecified atom stereocenters. The Morgan fingerprint density at radius 1 is 1.17 bits per heavy atom. The van der Waals surface area contributed by atoms with E-state index < -0.39 is 0 Å². The van der Waals surface area contributed by atoms with E-state index in [4.69, 9.17) is 16.3 Å². The fraction of sp³-hybridized carbons (Fsp3) is 0.143. The second-order valence-electron chi connectivity index (χ2n) is 4.20. The number of rotatable bonds is 1. The van der Waals surface area contributed by atoms with Gasteiger partial charge in [-0.2, -0.15) is 0 Å². The zero-order valence-electron chi connectivity index (χ0n) is 9.49. The molecule has 2 nitrogen and oxygen atoms in total. The van der Waals surface area contributed by atoms with Crippen LogP contribution in [0.4, 0.5) is 10.1 Å². The van der Waals surface area contributed by atoms with Crippen LogP contribution in [0.1, 0.15) is 11.6 Å². The molecule has 1 atom stereocenters. The molecule has 0 spiro atoms. The maximum absolute atomic E-state index is 12.9. The number of benzene rings is 2. The van der Waals surface area contributed by atoms with Crippen LogP contribution in [0.2, 0.25) is 5.02 Å². The minimum Gasteiger partial charge on any atom is -0.489 e. The maximum Gasteiger partial charge on any atom is 0.142 e. The molecule has 0 saturated carbocycles. The van der Waals surface area contributed by atoms with Gasteiger partial charge in [0.25, 0.3) is 0 Å². The zero-order chi connectivity index (χ0) is 12.5. The quantitative estimate of drug-likeness (QED) is 0.839. The van der Waals surface area contributed by atoms with Gasteiger partial charge in [-0.1, -0.05) is 23.7 Å². The molecule has 0 amide bonds. The molecule has 0 radical (unpaired) electrons. The number of halogens is 2. The normalized spacial score (nSPS) is 17.6. The summed E-state index contributed by atoms with van der Waals surface area (Å²) < 4.78 is 18.5. The fourth-order valence-corrected chi connectivity index (χ4v) is 2.19. The van der Waals surface area contributed by atoms with Crippen molar-refractivity contribution in [1.29, 1.82) is 0 Å². The minimum absolute atomic E-state index is 0.0107. The maximum atomic E-state index is 12.9. The van der Waals surface area contributed by atoms with E-state index >= 15 is 0 Å². The molecule has 0 aromatic heterocycles. The Hall–Kier alpha value is -1.74.